The molecular weight excluding hydrogens is 248 g/mol. The Bertz CT molecular complexity index is 487. The van der Waals surface area contributed by atoms with Gasteiger partial charge in [-0.05, 0) is 37.0 Å². The van der Waals surface area contributed by atoms with E-state index in [1.54, 1.807) is 6.20 Å². The molecule has 3 nitrogen and oxygen atoms in total. The lowest BCUT2D eigenvalue weighted by Gasteiger charge is -2.24. The minimum absolute atomic E-state index is 0.228. The molecule has 20 heavy (non-hydrogen) atoms. The summed E-state index contributed by atoms with van der Waals surface area (Å²) in [7, 11) is 0. The topological polar surface area (TPSA) is 45.1 Å². The molecule has 2 atom stereocenters. The molecule has 0 bridgehead atoms. The molecule has 0 aliphatic heterocycles. The van der Waals surface area contributed by atoms with Gasteiger partial charge in [-0.3, -0.25) is 4.98 Å². The van der Waals surface area contributed by atoms with Gasteiger partial charge in [-0.15, -0.1) is 0 Å². The van der Waals surface area contributed by atoms with Crippen molar-refractivity contribution in [2.75, 3.05) is 6.61 Å². The Morgan fingerprint density at radius 2 is 1.85 bits per heavy atom. The van der Waals surface area contributed by atoms with E-state index < -0.39 is 0 Å². The molecule has 1 aromatic carbocycles. The van der Waals surface area contributed by atoms with Crippen molar-refractivity contribution in [3.8, 4) is 0 Å². The third kappa shape index (κ3) is 4.15. The van der Waals surface area contributed by atoms with Crippen LogP contribution in [0.4, 0.5) is 0 Å². The number of hydrogen-bond donors (Lipinski definition) is 2. The Labute approximate surface area is 120 Å². The number of rotatable bonds is 7. The summed E-state index contributed by atoms with van der Waals surface area (Å²) in [5.74, 6) is 0. The molecule has 0 saturated carbocycles. The van der Waals surface area contributed by atoms with Crippen LogP contribution in [0.5, 0.6) is 0 Å². The van der Waals surface area contributed by atoms with Crippen molar-refractivity contribution in [1.29, 1.82) is 0 Å². The molecule has 0 fully saturated rings. The van der Waals surface area contributed by atoms with Crippen molar-refractivity contribution in [2.24, 2.45) is 0 Å². The molecule has 2 unspecified atom stereocenters. The van der Waals surface area contributed by atoms with Crippen LogP contribution >= 0.6 is 0 Å². The minimum atomic E-state index is 0.228. The number of nitrogens with one attached hydrogen (secondary N) is 1. The van der Waals surface area contributed by atoms with Gasteiger partial charge in [-0.2, -0.15) is 0 Å². The molecule has 0 spiro atoms. The standard InChI is InChI=1S/C17H22N2O/c1-14(16-9-5-11-18-13-16)19-17(10-6-12-20)15-7-3-2-4-8-15/h2-5,7-9,11,13-14,17,19-20H,6,10,12H2,1H3. The van der Waals surface area contributed by atoms with Crippen LogP contribution in [0.2, 0.25) is 0 Å². The molecule has 0 radical (unpaired) electrons. The highest BCUT2D eigenvalue weighted by molar-refractivity contribution is 5.20. The van der Waals surface area contributed by atoms with Gasteiger partial charge in [0, 0.05) is 31.1 Å². The quantitative estimate of drug-likeness (QED) is 0.812. The maximum absolute atomic E-state index is 9.08. The summed E-state index contributed by atoms with van der Waals surface area (Å²) in [6.07, 6.45) is 5.40. The van der Waals surface area contributed by atoms with Crippen molar-refractivity contribution in [3.05, 3.63) is 66.0 Å². The number of hydrogen-bond acceptors (Lipinski definition) is 3. The highest BCUT2D eigenvalue weighted by Gasteiger charge is 2.14. The van der Waals surface area contributed by atoms with Crippen molar-refractivity contribution in [1.82, 2.24) is 10.3 Å². The van der Waals surface area contributed by atoms with Gasteiger partial charge in [0.05, 0.1) is 0 Å². The first kappa shape index (κ1) is 14.7. The molecule has 1 heterocycles. The first-order chi connectivity index (χ1) is 9.81. The molecule has 2 aromatic rings. The fourth-order valence-electron chi connectivity index (χ4n) is 2.36. The van der Waals surface area contributed by atoms with Gasteiger partial charge in [-0.1, -0.05) is 36.4 Å². The summed E-state index contributed by atoms with van der Waals surface area (Å²) in [6.45, 7) is 2.37. The number of aliphatic hydroxyl groups is 1. The van der Waals surface area contributed by atoms with Crippen LogP contribution in [0.25, 0.3) is 0 Å². The lowest BCUT2D eigenvalue weighted by Crippen LogP contribution is -2.25. The summed E-state index contributed by atoms with van der Waals surface area (Å²) >= 11 is 0. The molecular formula is C17H22N2O. The van der Waals surface area contributed by atoms with Gasteiger partial charge in [0.1, 0.15) is 0 Å². The number of aromatic nitrogens is 1. The van der Waals surface area contributed by atoms with E-state index in [0.29, 0.717) is 0 Å². The van der Waals surface area contributed by atoms with E-state index in [0.717, 1.165) is 12.8 Å². The summed E-state index contributed by atoms with van der Waals surface area (Å²) in [5, 5.41) is 12.7. The lowest BCUT2D eigenvalue weighted by molar-refractivity contribution is 0.272. The molecule has 0 aliphatic carbocycles. The second-order valence-electron chi connectivity index (χ2n) is 5.00. The van der Waals surface area contributed by atoms with Crippen LogP contribution in [-0.4, -0.2) is 16.7 Å². The van der Waals surface area contributed by atoms with Gasteiger partial charge in [-0.25, -0.2) is 0 Å². The van der Waals surface area contributed by atoms with E-state index in [9.17, 15) is 0 Å². The molecule has 0 amide bonds. The zero-order valence-electron chi connectivity index (χ0n) is 11.9. The van der Waals surface area contributed by atoms with Crippen molar-refractivity contribution >= 4 is 0 Å². The zero-order valence-corrected chi connectivity index (χ0v) is 11.9. The first-order valence-electron chi connectivity index (χ1n) is 7.13. The predicted molar refractivity (Wildman–Crippen MR) is 81.3 cm³/mol. The fourth-order valence-corrected chi connectivity index (χ4v) is 2.36. The van der Waals surface area contributed by atoms with Crippen LogP contribution in [0.15, 0.2) is 54.9 Å². The maximum Gasteiger partial charge on any atom is 0.0431 e. The summed E-state index contributed by atoms with van der Waals surface area (Å²) < 4.78 is 0. The van der Waals surface area contributed by atoms with E-state index in [1.165, 1.54) is 11.1 Å². The smallest absolute Gasteiger partial charge is 0.0431 e. The zero-order chi connectivity index (χ0) is 14.2. The maximum atomic E-state index is 9.08. The van der Waals surface area contributed by atoms with Crippen LogP contribution in [0.3, 0.4) is 0 Å². The second-order valence-corrected chi connectivity index (χ2v) is 5.00. The van der Waals surface area contributed by atoms with Gasteiger partial charge < -0.3 is 10.4 Å². The van der Waals surface area contributed by atoms with E-state index in [4.69, 9.17) is 5.11 Å². The first-order valence-corrected chi connectivity index (χ1v) is 7.13. The SMILES string of the molecule is CC(NC(CCCO)c1ccccc1)c1cccnc1. The van der Waals surface area contributed by atoms with Crippen LogP contribution < -0.4 is 5.32 Å². The third-order valence-corrected chi connectivity index (χ3v) is 3.49. The van der Waals surface area contributed by atoms with Crippen molar-refractivity contribution in [3.63, 3.8) is 0 Å². The number of nitrogens with zero attached hydrogens (tertiary/aromatic N) is 1. The third-order valence-electron chi connectivity index (χ3n) is 3.49. The van der Waals surface area contributed by atoms with Crippen molar-refractivity contribution < 1.29 is 5.11 Å². The van der Waals surface area contributed by atoms with E-state index in [2.05, 4.69) is 47.6 Å². The average Bonchev–Trinajstić information content (AvgIpc) is 2.53. The molecule has 2 N–H and O–H groups in total. The highest BCUT2D eigenvalue weighted by atomic mass is 16.2. The summed E-state index contributed by atoms with van der Waals surface area (Å²) in [5.41, 5.74) is 2.44. The van der Waals surface area contributed by atoms with Gasteiger partial charge in [0.2, 0.25) is 0 Å². The molecule has 0 saturated heterocycles. The van der Waals surface area contributed by atoms with Crippen molar-refractivity contribution in [2.45, 2.75) is 31.8 Å². The Morgan fingerprint density at radius 3 is 2.50 bits per heavy atom. The number of aliphatic hydroxyl groups excluding tert-OH is 1. The van der Waals surface area contributed by atoms with E-state index in [-0.39, 0.29) is 18.7 Å². The monoisotopic (exact) mass is 270 g/mol. The molecule has 1 aromatic heterocycles. The van der Waals surface area contributed by atoms with Crippen LogP contribution in [0, 0.1) is 0 Å². The minimum Gasteiger partial charge on any atom is -0.396 e. The van der Waals surface area contributed by atoms with Gasteiger partial charge in [0.25, 0.3) is 0 Å². The summed E-state index contributed by atoms with van der Waals surface area (Å²) in [4.78, 5) is 4.17. The Balaban J connectivity index is 2.08. The van der Waals surface area contributed by atoms with E-state index >= 15 is 0 Å². The second kappa shape index (κ2) is 7.78. The Hall–Kier alpha value is -1.71. The Kier molecular flexibility index (Phi) is 5.71. The summed E-state index contributed by atoms with van der Waals surface area (Å²) in [6, 6.07) is 14.9. The molecule has 106 valence electrons. The van der Waals surface area contributed by atoms with E-state index in [1.807, 2.05) is 18.3 Å². The predicted octanol–water partition coefficient (Wildman–Crippen LogP) is 3.25. The lowest BCUT2D eigenvalue weighted by atomic mass is 10.00. The average molecular weight is 270 g/mol. The Morgan fingerprint density at radius 1 is 1.10 bits per heavy atom. The number of benzene rings is 1. The number of pyridine rings is 1. The molecule has 2 rings (SSSR count). The normalized spacial score (nSPS) is 13.9. The highest BCUT2D eigenvalue weighted by Crippen LogP contribution is 2.22. The molecule has 3 heteroatoms. The van der Waals surface area contributed by atoms with Gasteiger partial charge >= 0.3 is 0 Å². The van der Waals surface area contributed by atoms with Crippen LogP contribution in [0.1, 0.15) is 43.0 Å². The molecule has 0 aliphatic rings. The van der Waals surface area contributed by atoms with Gasteiger partial charge in [0.15, 0.2) is 0 Å². The fraction of sp³-hybridized carbons (Fsp3) is 0.353. The largest absolute Gasteiger partial charge is 0.396 e. The van der Waals surface area contributed by atoms with Crippen LogP contribution in [-0.2, 0) is 0 Å².